The Kier molecular flexibility index (Phi) is 2.65. The van der Waals surface area contributed by atoms with Gasteiger partial charge in [-0.2, -0.15) is 0 Å². The molecule has 2 aromatic rings. The van der Waals surface area contributed by atoms with Crippen molar-refractivity contribution in [1.29, 1.82) is 0 Å². The van der Waals surface area contributed by atoms with Gasteiger partial charge >= 0.3 is 0 Å². The molecule has 0 aliphatic carbocycles. The summed E-state index contributed by atoms with van der Waals surface area (Å²) in [6.07, 6.45) is 2.25. The van der Waals surface area contributed by atoms with Gasteiger partial charge in [-0.15, -0.1) is 0 Å². The lowest BCUT2D eigenvalue weighted by Gasteiger charge is -2.02. The fourth-order valence-corrected chi connectivity index (χ4v) is 2.90. The van der Waals surface area contributed by atoms with Gasteiger partial charge in [0.15, 0.2) is 5.58 Å². The summed E-state index contributed by atoms with van der Waals surface area (Å²) in [5.41, 5.74) is 1.58. The third-order valence-electron chi connectivity index (χ3n) is 2.78. The van der Waals surface area contributed by atoms with Gasteiger partial charge in [-0.25, -0.2) is 4.98 Å². The normalized spacial score (nSPS) is 20.8. The van der Waals surface area contributed by atoms with E-state index in [1.807, 2.05) is 12.1 Å². The van der Waals surface area contributed by atoms with Crippen molar-refractivity contribution >= 4 is 38.6 Å². The van der Waals surface area contributed by atoms with Crippen LogP contribution in [0, 0.1) is 0 Å². The zero-order valence-electron chi connectivity index (χ0n) is 8.46. The molecule has 1 atom stereocenters. The average Bonchev–Trinajstić information content (AvgIpc) is 2.82. The van der Waals surface area contributed by atoms with Gasteiger partial charge in [0.1, 0.15) is 5.52 Å². The topological polar surface area (TPSA) is 38.1 Å². The average molecular weight is 302 g/mol. The van der Waals surface area contributed by atoms with E-state index in [0.717, 1.165) is 34.4 Å². The maximum atomic E-state index is 5.97. The van der Waals surface area contributed by atoms with Crippen LogP contribution in [0.1, 0.15) is 24.8 Å². The summed E-state index contributed by atoms with van der Waals surface area (Å²) >= 11 is 9.40. The largest absolute Gasteiger partial charge is 0.438 e. The monoisotopic (exact) mass is 300 g/mol. The minimum Gasteiger partial charge on any atom is -0.438 e. The predicted octanol–water partition coefficient (Wildman–Crippen LogP) is 3.67. The molecule has 1 aliphatic rings. The number of benzene rings is 1. The third-order valence-corrected chi connectivity index (χ3v) is 3.59. The van der Waals surface area contributed by atoms with Gasteiger partial charge in [-0.3, -0.25) is 0 Å². The smallest absolute Gasteiger partial charge is 0.212 e. The second-order valence-electron chi connectivity index (χ2n) is 3.94. The maximum Gasteiger partial charge on any atom is 0.212 e. The van der Waals surface area contributed by atoms with E-state index in [9.17, 15) is 0 Å². The lowest BCUT2D eigenvalue weighted by molar-refractivity contribution is 0.451. The van der Waals surface area contributed by atoms with Crippen molar-refractivity contribution in [2.24, 2.45) is 0 Å². The number of nitrogens with one attached hydrogen (secondary N) is 1. The van der Waals surface area contributed by atoms with Gasteiger partial charge in [0.25, 0.3) is 0 Å². The molecule has 1 N–H and O–H groups in total. The van der Waals surface area contributed by atoms with Gasteiger partial charge in [-0.1, -0.05) is 11.6 Å². The molecular formula is C11H10BrClN2O. The van der Waals surface area contributed by atoms with Crippen molar-refractivity contribution in [2.45, 2.75) is 18.9 Å². The van der Waals surface area contributed by atoms with Crippen molar-refractivity contribution in [1.82, 2.24) is 10.3 Å². The first-order valence-electron chi connectivity index (χ1n) is 5.23. The molecule has 5 heteroatoms. The van der Waals surface area contributed by atoms with E-state index in [2.05, 4.69) is 26.2 Å². The SMILES string of the molecule is Clc1cc(Br)c2oc(C3CCCN3)nc2c1. The molecule has 2 heterocycles. The molecule has 0 saturated carbocycles. The number of halogens is 2. The van der Waals surface area contributed by atoms with Crippen molar-refractivity contribution in [2.75, 3.05) is 6.54 Å². The van der Waals surface area contributed by atoms with Crippen LogP contribution >= 0.6 is 27.5 Å². The molecule has 1 saturated heterocycles. The molecular weight excluding hydrogens is 291 g/mol. The Balaban J connectivity index is 2.11. The first kappa shape index (κ1) is 10.6. The first-order valence-corrected chi connectivity index (χ1v) is 6.40. The van der Waals surface area contributed by atoms with Crippen LogP contribution in [-0.2, 0) is 0 Å². The minimum absolute atomic E-state index is 0.248. The third kappa shape index (κ3) is 1.75. The van der Waals surface area contributed by atoms with E-state index in [4.69, 9.17) is 16.0 Å². The van der Waals surface area contributed by atoms with E-state index in [-0.39, 0.29) is 6.04 Å². The van der Waals surface area contributed by atoms with Gasteiger partial charge in [0.05, 0.1) is 10.5 Å². The number of hydrogen-bond acceptors (Lipinski definition) is 3. The highest BCUT2D eigenvalue weighted by Crippen LogP contribution is 2.32. The molecule has 0 bridgehead atoms. The molecule has 1 aromatic carbocycles. The molecule has 0 radical (unpaired) electrons. The lowest BCUT2D eigenvalue weighted by Crippen LogP contribution is -2.12. The Labute approximate surface area is 106 Å². The van der Waals surface area contributed by atoms with Gasteiger partial charge in [0.2, 0.25) is 5.89 Å². The summed E-state index contributed by atoms with van der Waals surface area (Å²) < 4.78 is 6.61. The van der Waals surface area contributed by atoms with Crippen LogP contribution in [0.2, 0.25) is 5.02 Å². The summed E-state index contributed by atoms with van der Waals surface area (Å²) in [6, 6.07) is 3.89. The summed E-state index contributed by atoms with van der Waals surface area (Å²) in [7, 11) is 0. The maximum absolute atomic E-state index is 5.97. The highest BCUT2D eigenvalue weighted by Gasteiger charge is 2.22. The van der Waals surface area contributed by atoms with Crippen molar-refractivity contribution in [3.05, 3.63) is 27.5 Å². The quantitative estimate of drug-likeness (QED) is 0.873. The number of nitrogens with zero attached hydrogens (tertiary/aromatic N) is 1. The van der Waals surface area contributed by atoms with Crippen molar-refractivity contribution < 1.29 is 4.42 Å². The molecule has 0 amide bonds. The van der Waals surface area contributed by atoms with Gasteiger partial charge in [-0.05, 0) is 47.4 Å². The van der Waals surface area contributed by atoms with Gasteiger partial charge < -0.3 is 9.73 Å². The number of hydrogen-bond donors (Lipinski definition) is 1. The van der Waals surface area contributed by atoms with E-state index in [1.54, 1.807) is 0 Å². The molecule has 0 spiro atoms. The van der Waals surface area contributed by atoms with Crippen LogP contribution < -0.4 is 5.32 Å². The van der Waals surface area contributed by atoms with Crippen LogP contribution in [0.5, 0.6) is 0 Å². The Morgan fingerprint density at radius 2 is 2.38 bits per heavy atom. The zero-order chi connectivity index (χ0) is 11.1. The van der Waals surface area contributed by atoms with Crippen LogP contribution in [0.4, 0.5) is 0 Å². The summed E-state index contributed by atoms with van der Waals surface area (Å²) in [6.45, 7) is 1.03. The van der Waals surface area contributed by atoms with Gasteiger partial charge in [0, 0.05) is 5.02 Å². The fourth-order valence-electron chi connectivity index (χ4n) is 2.02. The summed E-state index contributed by atoms with van der Waals surface area (Å²) in [5, 5.41) is 4.03. The minimum atomic E-state index is 0.248. The van der Waals surface area contributed by atoms with Crippen LogP contribution in [-0.4, -0.2) is 11.5 Å². The molecule has 1 fully saturated rings. The predicted molar refractivity (Wildman–Crippen MR) is 66.7 cm³/mol. The zero-order valence-corrected chi connectivity index (χ0v) is 10.8. The Hall–Kier alpha value is -0.580. The Morgan fingerprint density at radius 1 is 1.50 bits per heavy atom. The summed E-state index contributed by atoms with van der Waals surface area (Å²) in [5.74, 6) is 0.760. The number of fused-ring (bicyclic) bond motifs is 1. The number of rotatable bonds is 1. The molecule has 1 aliphatic heterocycles. The van der Waals surface area contributed by atoms with Crippen molar-refractivity contribution in [3.8, 4) is 0 Å². The molecule has 1 aromatic heterocycles. The standard InChI is InChI=1S/C11H10BrClN2O/c12-7-4-6(13)5-9-10(7)16-11(15-9)8-2-1-3-14-8/h4-5,8,14H,1-3H2. The fraction of sp³-hybridized carbons (Fsp3) is 0.364. The Morgan fingerprint density at radius 3 is 3.12 bits per heavy atom. The second-order valence-corrected chi connectivity index (χ2v) is 5.23. The number of aromatic nitrogens is 1. The Bertz CT molecular complexity index is 534. The van der Waals surface area contributed by atoms with E-state index in [1.165, 1.54) is 6.42 Å². The van der Waals surface area contributed by atoms with Crippen LogP contribution in [0.25, 0.3) is 11.1 Å². The van der Waals surface area contributed by atoms with E-state index < -0.39 is 0 Å². The van der Waals surface area contributed by atoms with E-state index >= 15 is 0 Å². The van der Waals surface area contributed by atoms with Crippen LogP contribution in [0.3, 0.4) is 0 Å². The molecule has 84 valence electrons. The number of oxazole rings is 1. The van der Waals surface area contributed by atoms with E-state index in [0.29, 0.717) is 5.02 Å². The lowest BCUT2D eigenvalue weighted by atomic mass is 10.2. The highest BCUT2D eigenvalue weighted by molar-refractivity contribution is 9.10. The van der Waals surface area contributed by atoms with Crippen molar-refractivity contribution in [3.63, 3.8) is 0 Å². The highest BCUT2D eigenvalue weighted by atomic mass is 79.9. The molecule has 3 rings (SSSR count). The molecule has 3 nitrogen and oxygen atoms in total. The second kappa shape index (κ2) is 4.02. The summed E-state index contributed by atoms with van der Waals surface area (Å²) in [4.78, 5) is 4.47. The molecule has 1 unspecified atom stereocenters. The van der Waals surface area contributed by atoms with Crippen LogP contribution in [0.15, 0.2) is 21.0 Å². The molecule has 16 heavy (non-hydrogen) atoms. The first-order chi connectivity index (χ1) is 7.74.